The molecule has 16 nitrogen and oxygen atoms in total. The van der Waals surface area contributed by atoms with E-state index in [1.807, 2.05) is 52.0 Å². The van der Waals surface area contributed by atoms with Gasteiger partial charge < -0.3 is 59.9 Å². The van der Waals surface area contributed by atoms with E-state index in [9.17, 15) is 39.9 Å². The molecule has 0 bridgehead atoms. The lowest BCUT2D eigenvalue weighted by Gasteiger charge is -2.48. The second kappa shape index (κ2) is 20.5. The van der Waals surface area contributed by atoms with Crippen molar-refractivity contribution >= 4 is 34.3 Å². The Morgan fingerprint density at radius 2 is 1.59 bits per heavy atom. The van der Waals surface area contributed by atoms with Crippen molar-refractivity contribution < 1.29 is 63.6 Å². The van der Waals surface area contributed by atoms with E-state index in [0.717, 1.165) is 10.9 Å². The van der Waals surface area contributed by atoms with Gasteiger partial charge in [0.05, 0.1) is 60.2 Å². The quantitative estimate of drug-likeness (QED) is 0.168. The molecular formula is C47H73N3O13. The summed E-state index contributed by atoms with van der Waals surface area (Å²) >= 11 is 0. The first kappa shape index (κ1) is 50.7. The Morgan fingerprint density at radius 1 is 0.889 bits per heavy atom. The molecule has 354 valence electrons. The number of Topliss-reactive ketones (excluding diaryl/α,β-unsaturated/α-hetero) is 1. The summed E-state index contributed by atoms with van der Waals surface area (Å²) in [5.41, 5.74) is -3.20. The Labute approximate surface area is 371 Å². The molecule has 17 atom stereocenters. The maximum absolute atomic E-state index is 14.6. The minimum absolute atomic E-state index is 0.0770. The number of nitrogens with one attached hydrogen (secondary N) is 2. The van der Waals surface area contributed by atoms with Gasteiger partial charge >= 0.3 is 5.97 Å². The highest BCUT2D eigenvalue weighted by Crippen LogP contribution is 2.42. The molecule has 16 heteroatoms. The number of aliphatic hydroxyl groups is 5. The molecule has 0 aliphatic carbocycles. The van der Waals surface area contributed by atoms with Gasteiger partial charge in [-0.05, 0) is 83.1 Å². The van der Waals surface area contributed by atoms with E-state index in [0.29, 0.717) is 12.1 Å². The minimum atomic E-state index is -2.20. The molecule has 3 saturated heterocycles. The SMILES string of the molecule is CC1CC(C)C(O)C(O[C@@H]2[C@@H](C)[C@H](OC3CC(C)(C)C(O)C(C)O3)[C@@H](C)C(=O)O[C@H](CCNC(=O)CNc3cccc4ncccc34)[C@@](C)(O)[C@H](O)[C@@H](C)C(=O)[C@H](C)C[C@@]2(C)O)O1. The van der Waals surface area contributed by atoms with E-state index in [-0.39, 0.29) is 50.3 Å². The van der Waals surface area contributed by atoms with Gasteiger partial charge in [0.1, 0.15) is 23.6 Å². The number of hydrogen-bond donors (Lipinski definition) is 7. The first-order valence-corrected chi connectivity index (χ1v) is 22.5. The maximum Gasteiger partial charge on any atom is 0.311 e. The van der Waals surface area contributed by atoms with Gasteiger partial charge in [-0.15, -0.1) is 0 Å². The van der Waals surface area contributed by atoms with E-state index < -0.39 is 107 Å². The lowest BCUT2D eigenvalue weighted by Crippen LogP contribution is -2.59. The van der Waals surface area contributed by atoms with Gasteiger partial charge in [-0.25, -0.2) is 0 Å². The zero-order valence-electron chi connectivity index (χ0n) is 38.8. The monoisotopic (exact) mass is 888 g/mol. The Balaban J connectivity index is 1.47. The number of ketones is 1. The molecule has 1 aromatic heterocycles. The van der Waals surface area contributed by atoms with Crippen LogP contribution in [-0.4, -0.2) is 134 Å². The van der Waals surface area contributed by atoms with Gasteiger partial charge in [0.2, 0.25) is 5.91 Å². The Morgan fingerprint density at radius 3 is 2.27 bits per heavy atom. The van der Waals surface area contributed by atoms with Crippen LogP contribution >= 0.6 is 0 Å². The van der Waals surface area contributed by atoms with E-state index in [1.54, 1.807) is 40.0 Å². The molecule has 0 spiro atoms. The van der Waals surface area contributed by atoms with Crippen molar-refractivity contribution in [2.24, 2.45) is 35.0 Å². The van der Waals surface area contributed by atoms with Crippen molar-refractivity contribution in [1.29, 1.82) is 0 Å². The summed E-state index contributed by atoms with van der Waals surface area (Å²) in [6.07, 6.45) is -8.26. The van der Waals surface area contributed by atoms with Crippen LogP contribution in [0.1, 0.15) is 102 Å². The maximum atomic E-state index is 14.6. The fourth-order valence-corrected chi connectivity index (χ4v) is 9.89. The molecule has 1 aromatic carbocycles. The Kier molecular flexibility index (Phi) is 16.5. The van der Waals surface area contributed by atoms with Crippen molar-refractivity contribution in [2.75, 3.05) is 18.4 Å². The third kappa shape index (κ3) is 11.7. The van der Waals surface area contributed by atoms with E-state index in [4.69, 9.17) is 23.7 Å². The molecule has 7 N–H and O–H groups in total. The zero-order chi connectivity index (χ0) is 46.8. The second-order valence-corrected chi connectivity index (χ2v) is 19.8. The van der Waals surface area contributed by atoms with Crippen LogP contribution in [0.25, 0.3) is 10.9 Å². The molecule has 63 heavy (non-hydrogen) atoms. The summed E-state index contributed by atoms with van der Waals surface area (Å²) in [7, 11) is 0. The zero-order valence-corrected chi connectivity index (χ0v) is 38.8. The molecule has 2 aromatic rings. The van der Waals surface area contributed by atoms with Crippen LogP contribution in [0.15, 0.2) is 36.5 Å². The van der Waals surface area contributed by atoms with Crippen molar-refractivity contribution in [3.8, 4) is 0 Å². The van der Waals surface area contributed by atoms with Crippen molar-refractivity contribution in [3.63, 3.8) is 0 Å². The molecule has 0 radical (unpaired) electrons. The predicted octanol–water partition coefficient (Wildman–Crippen LogP) is 3.87. The summed E-state index contributed by atoms with van der Waals surface area (Å²) in [6, 6.07) is 9.22. The van der Waals surface area contributed by atoms with Gasteiger partial charge in [0.15, 0.2) is 12.6 Å². The van der Waals surface area contributed by atoms with E-state index in [1.165, 1.54) is 20.8 Å². The van der Waals surface area contributed by atoms with Crippen LogP contribution in [0.3, 0.4) is 0 Å². The number of ether oxygens (including phenoxy) is 5. The van der Waals surface area contributed by atoms with Crippen LogP contribution in [0.2, 0.25) is 0 Å². The third-order valence-corrected chi connectivity index (χ3v) is 13.7. The number of nitrogens with zero attached hydrogens (tertiary/aromatic N) is 1. The number of benzene rings is 1. The Hall–Kier alpha value is -3.32. The molecule has 7 unspecified atom stereocenters. The van der Waals surface area contributed by atoms with Gasteiger partial charge in [0, 0.05) is 54.4 Å². The number of fused-ring (bicyclic) bond motifs is 1. The number of cyclic esters (lactones) is 1. The average Bonchev–Trinajstić information content (AvgIpc) is 3.22. The minimum Gasteiger partial charge on any atom is -0.459 e. The molecular weight excluding hydrogens is 815 g/mol. The van der Waals surface area contributed by atoms with E-state index in [2.05, 4.69) is 15.6 Å². The second-order valence-electron chi connectivity index (χ2n) is 19.8. The Bertz CT molecular complexity index is 1870. The van der Waals surface area contributed by atoms with Crippen LogP contribution in [0.4, 0.5) is 5.69 Å². The summed E-state index contributed by atoms with van der Waals surface area (Å²) in [4.78, 5) is 46.2. The van der Waals surface area contributed by atoms with Gasteiger partial charge in [-0.3, -0.25) is 19.4 Å². The number of esters is 1. The number of aliphatic hydroxyl groups excluding tert-OH is 3. The molecule has 0 saturated carbocycles. The van der Waals surface area contributed by atoms with Crippen LogP contribution < -0.4 is 10.6 Å². The van der Waals surface area contributed by atoms with Crippen molar-refractivity contribution in [1.82, 2.24) is 10.3 Å². The van der Waals surface area contributed by atoms with Crippen molar-refractivity contribution in [2.45, 2.75) is 174 Å². The smallest absolute Gasteiger partial charge is 0.311 e. The number of amides is 1. The van der Waals surface area contributed by atoms with Gasteiger partial charge in [0.25, 0.3) is 0 Å². The number of rotatable bonds is 10. The van der Waals surface area contributed by atoms with Crippen LogP contribution in [-0.2, 0) is 38.1 Å². The lowest BCUT2D eigenvalue weighted by molar-refractivity contribution is -0.312. The first-order valence-electron chi connectivity index (χ1n) is 22.5. The van der Waals surface area contributed by atoms with Crippen molar-refractivity contribution in [3.05, 3.63) is 36.5 Å². The topological polar surface area (TPSA) is 235 Å². The normalized spacial score (nSPS) is 40.7. The number of anilines is 1. The third-order valence-electron chi connectivity index (χ3n) is 13.7. The largest absolute Gasteiger partial charge is 0.459 e. The highest BCUT2D eigenvalue weighted by Gasteiger charge is 2.53. The molecule has 5 rings (SSSR count). The lowest BCUT2D eigenvalue weighted by atomic mass is 9.74. The van der Waals surface area contributed by atoms with Crippen LogP contribution in [0.5, 0.6) is 0 Å². The first-order chi connectivity index (χ1) is 29.3. The molecule has 1 amide bonds. The highest BCUT2D eigenvalue weighted by molar-refractivity contribution is 5.93. The molecule has 3 aliphatic rings. The van der Waals surface area contributed by atoms with E-state index >= 15 is 0 Å². The number of aromatic nitrogens is 1. The van der Waals surface area contributed by atoms with Gasteiger partial charge in [-0.2, -0.15) is 0 Å². The highest BCUT2D eigenvalue weighted by atomic mass is 16.7. The predicted molar refractivity (Wildman–Crippen MR) is 234 cm³/mol. The summed E-state index contributed by atoms with van der Waals surface area (Å²) in [5, 5.41) is 65.3. The average molecular weight is 888 g/mol. The number of pyridine rings is 1. The summed E-state index contributed by atoms with van der Waals surface area (Å²) in [5.74, 6) is -6.01. The number of carbonyl (C=O) groups is 3. The van der Waals surface area contributed by atoms with Gasteiger partial charge in [-0.1, -0.05) is 47.6 Å². The number of hydrogen-bond acceptors (Lipinski definition) is 15. The summed E-state index contributed by atoms with van der Waals surface area (Å²) in [6.45, 7) is 18.3. The number of carbonyl (C=O) groups excluding carboxylic acids is 3. The fraction of sp³-hybridized carbons (Fsp3) is 0.745. The van der Waals surface area contributed by atoms with Crippen LogP contribution in [0, 0.1) is 35.0 Å². The molecule has 4 heterocycles. The molecule has 3 aliphatic heterocycles. The molecule has 3 fully saturated rings. The summed E-state index contributed by atoms with van der Waals surface area (Å²) < 4.78 is 31.7. The standard InChI is InChI=1S/C47H73N3O13/c1-24-20-26(3)59-44(38(24)53)63-42-28(5)39(62-36-22-45(8,9)41(55)30(7)60-36)29(6)43(56)61-34(47(11,58)40(54)27(4)37(52)25(2)21-46(42,10)57)17-19-49-35(51)23-50-33-16-12-15-32-31(33)14-13-18-48-32/h12-16,18,24-30,34,36,38-42,44,50,53-55,57-58H,17,19-23H2,1-11H3,(H,49,51)/t24?,25-,26?,27+,28+,29-,30?,34-,36?,38?,39+,40-,41?,42-,44?,46-,47-/m1/s1. The fourth-order valence-electron chi connectivity index (χ4n) is 9.89.